The molecule has 0 spiro atoms. The van der Waals surface area contributed by atoms with Gasteiger partial charge in [-0.05, 0) is 30.9 Å². The van der Waals surface area contributed by atoms with E-state index in [1.807, 2.05) is 12.1 Å². The molecule has 8 nitrogen and oxygen atoms in total. The van der Waals surface area contributed by atoms with Crippen LogP contribution >= 0.6 is 0 Å². The third-order valence-corrected chi connectivity index (χ3v) is 5.22. The molecule has 0 amide bonds. The topological polar surface area (TPSA) is 131 Å². The molecule has 1 aliphatic rings. The van der Waals surface area contributed by atoms with Gasteiger partial charge in [0.05, 0.1) is 12.3 Å². The second-order valence-electron chi connectivity index (χ2n) is 7.42. The summed E-state index contributed by atoms with van der Waals surface area (Å²) >= 11 is 0. The molecule has 1 aliphatic heterocycles. The van der Waals surface area contributed by atoms with Crippen molar-refractivity contribution in [2.45, 2.75) is 76.0 Å². The first-order valence-electron chi connectivity index (χ1n) is 10.2. The Kier molecular flexibility index (Phi) is 9.66. The number of carbonyl (C=O) groups is 1. The Balaban J connectivity index is 1.78. The number of aryl methyl sites for hydroxylation is 1. The summed E-state index contributed by atoms with van der Waals surface area (Å²) in [4.78, 5) is 10.5. The molecule has 29 heavy (non-hydrogen) atoms. The van der Waals surface area contributed by atoms with Crippen LogP contribution in [0, 0.1) is 0 Å². The van der Waals surface area contributed by atoms with E-state index in [0.29, 0.717) is 11.4 Å². The lowest BCUT2D eigenvalue weighted by atomic mass is 10.0. The van der Waals surface area contributed by atoms with Crippen molar-refractivity contribution in [1.82, 2.24) is 0 Å². The van der Waals surface area contributed by atoms with Crippen molar-refractivity contribution in [2.24, 2.45) is 0 Å². The molecule has 1 saturated heterocycles. The van der Waals surface area contributed by atoms with Crippen LogP contribution in [0.3, 0.4) is 0 Å². The minimum absolute atomic E-state index is 0.117. The van der Waals surface area contributed by atoms with Crippen molar-refractivity contribution < 1.29 is 34.3 Å². The number of aliphatic hydroxyl groups excluding tert-OH is 2. The van der Waals surface area contributed by atoms with Crippen LogP contribution in [0.15, 0.2) is 18.2 Å². The van der Waals surface area contributed by atoms with Crippen molar-refractivity contribution in [2.75, 3.05) is 19.5 Å². The number of nitrogens with two attached hydrogens (primary N) is 1. The van der Waals surface area contributed by atoms with Gasteiger partial charge in [0.1, 0.15) is 24.1 Å². The number of aliphatic carboxylic acids is 1. The lowest BCUT2D eigenvalue weighted by Crippen LogP contribution is -2.55. The maximum atomic E-state index is 10.5. The molecule has 164 valence electrons. The largest absolute Gasteiger partial charge is 0.481 e. The first-order chi connectivity index (χ1) is 13.9. The summed E-state index contributed by atoms with van der Waals surface area (Å²) < 4.78 is 16.3. The van der Waals surface area contributed by atoms with Gasteiger partial charge in [-0.25, -0.2) is 0 Å². The molecule has 2 rings (SSSR count). The molecule has 0 aliphatic carbocycles. The number of anilines is 1. The Hall–Kier alpha value is -1.87. The maximum Gasteiger partial charge on any atom is 0.303 e. The predicted molar refractivity (Wildman–Crippen MR) is 108 cm³/mol. The van der Waals surface area contributed by atoms with Crippen molar-refractivity contribution >= 4 is 11.7 Å². The number of nitrogen functional groups attached to an aromatic ring is 1. The van der Waals surface area contributed by atoms with Crippen LogP contribution in [-0.2, 0) is 20.7 Å². The average Bonchev–Trinajstić information content (AvgIpc) is 2.70. The van der Waals surface area contributed by atoms with Gasteiger partial charge in [0.15, 0.2) is 0 Å². The van der Waals surface area contributed by atoms with Gasteiger partial charge in [-0.15, -0.1) is 0 Å². The highest BCUT2D eigenvalue weighted by Gasteiger charge is 2.40. The van der Waals surface area contributed by atoms with Crippen molar-refractivity contribution in [3.63, 3.8) is 0 Å². The third kappa shape index (κ3) is 7.15. The summed E-state index contributed by atoms with van der Waals surface area (Å²) in [6.45, 7) is 0.117. The van der Waals surface area contributed by atoms with Gasteiger partial charge in [-0.2, -0.15) is 0 Å². The van der Waals surface area contributed by atoms with Crippen LogP contribution in [0.5, 0.6) is 5.75 Å². The van der Waals surface area contributed by atoms with Gasteiger partial charge in [-0.1, -0.05) is 37.8 Å². The fourth-order valence-electron chi connectivity index (χ4n) is 3.41. The number of unbranched alkanes of at least 4 members (excludes halogenated alkanes) is 5. The number of hydrogen-bond acceptors (Lipinski definition) is 7. The zero-order valence-electron chi connectivity index (χ0n) is 17.0. The smallest absolute Gasteiger partial charge is 0.303 e. The van der Waals surface area contributed by atoms with Gasteiger partial charge >= 0.3 is 5.97 Å². The number of benzene rings is 1. The van der Waals surface area contributed by atoms with Gasteiger partial charge in [0, 0.05) is 13.5 Å². The summed E-state index contributed by atoms with van der Waals surface area (Å²) in [6, 6.07) is 5.51. The van der Waals surface area contributed by atoms with E-state index < -0.39 is 30.6 Å². The normalized spacial score (nSPS) is 24.4. The summed E-state index contributed by atoms with van der Waals surface area (Å²) in [7, 11) is 1.45. The molecular formula is C21H33NO7. The highest BCUT2D eigenvalue weighted by Crippen LogP contribution is 2.30. The maximum absolute atomic E-state index is 10.5. The second kappa shape index (κ2) is 12.0. The summed E-state index contributed by atoms with van der Waals surface area (Å²) in [5.41, 5.74) is 7.71. The van der Waals surface area contributed by atoms with Gasteiger partial charge < -0.3 is 35.3 Å². The number of para-hydroxylation sites is 1. The standard InChI is InChI=1S/C21H33NO7/c1-27-16-13-28-21(20(26)19(16)25)29-15-11-8-10-14(18(15)22)9-6-4-2-3-5-7-12-17(23)24/h8,10-11,16,19-21,25-26H,2-7,9,12-13,22H2,1H3,(H,23,24). The first-order valence-corrected chi connectivity index (χ1v) is 10.2. The quantitative estimate of drug-likeness (QED) is 0.304. The van der Waals surface area contributed by atoms with Crippen LogP contribution in [0.1, 0.15) is 50.5 Å². The molecule has 1 fully saturated rings. The minimum Gasteiger partial charge on any atom is -0.481 e. The van der Waals surface area contributed by atoms with Crippen LogP contribution in [0.2, 0.25) is 0 Å². The van der Waals surface area contributed by atoms with E-state index in [2.05, 4.69) is 0 Å². The van der Waals surface area contributed by atoms with Crippen LogP contribution < -0.4 is 10.5 Å². The van der Waals surface area contributed by atoms with Gasteiger partial charge in [0.2, 0.25) is 6.29 Å². The average molecular weight is 411 g/mol. The number of ether oxygens (including phenoxy) is 3. The van der Waals surface area contributed by atoms with E-state index in [0.717, 1.165) is 50.5 Å². The fraction of sp³-hybridized carbons (Fsp3) is 0.667. The highest BCUT2D eigenvalue weighted by atomic mass is 16.7. The zero-order valence-corrected chi connectivity index (χ0v) is 17.0. The Morgan fingerprint density at radius 2 is 1.83 bits per heavy atom. The van der Waals surface area contributed by atoms with E-state index in [1.54, 1.807) is 6.07 Å². The molecule has 0 aromatic heterocycles. The zero-order chi connectivity index (χ0) is 21.2. The second-order valence-corrected chi connectivity index (χ2v) is 7.42. The number of aliphatic hydroxyl groups is 2. The third-order valence-electron chi connectivity index (χ3n) is 5.22. The number of hydrogen-bond donors (Lipinski definition) is 4. The number of rotatable bonds is 12. The first kappa shape index (κ1) is 23.4. The number of carboxylic acids is 1. The van der Waals surface area contributed by atoms with Crippen LogP contribution in [-0.4, -0.2) is 59.6 Å². The lowest BCUT2D eigenvalue weighted by Gasteiger charge is -2.36. The minimum atomic E-state index is -1.24. The Morgan fingerprint density at radius 1 is 1.14 bits per heavy atom. The molecule has 8 heteroatoms. The van der Waals surface area contributed by atoms with E-state index in [4.69, 9.17) is 25.1 Å². The summed E-state index contributed by atoms with van der Waals surface area (Å²) in [6.07, 6.45) is 2.90. The molecule has 5 N–H and O–H groups in total. The molecule has 0 saturated carbocycles. The Labute approximate surface area is 171 Å². The lowest BCUT2D eigenvalue weighted by molar-refractivity contribution is -0.246. The Bertz CT molecular complexity index is 639. The summed E-state index contributed by atoms with van der Waals surface area (Å²) in [5, 5.41) is 28.9. The summed E-state index contributed by atoms with van der Waals surface area (Å²) in [5.74, 6) is -0.315. The molecule has 1 aromatic rings. The Morgan fingerprint density at radius 3 is 2.52 bits per heavy atom. The van der Waals surface area contributed by atoms with E-state index in [9.17, 15) is 15.0 Å². The van der Waals surface area contributed by atoms with Gasteiger partial charge in [-0.3, -0.25) is 4.79 Å². The van der Waals surface area contributed by atoms with Gasteiger partial charge in [0.25, 0.3) is 0 Å². The highest BCUT2D eigenvalue weighted by molar-refractivity contribution is 5.66. The van der Waals surface area contributed by atoms with Crippen molar-refractivity contribution in [1.29, 1.82) is 0 Å². The molecule has 4 atom stereocenters. The van der Waals surface area contributed by atoms with Crippen LogP contribution in [0.4, 0.5) is 5.69 Å². The molecule has 4 unspecified atom stereocenters. The van der Waals surface area contributed by atoms with E-state index >= 15 is 0 Å². The molecule has 0 radical (unpaired) electrons. The number of methoxy groups -OCH3 is 1. The van der Waals surface area contributed by atoms with Crippen molar-refractivity contribution in [3.8, 4) is 5.75 Å². The molecule has 1 aromatic carbocycles. The molecule has 1 heterocycles. The molecule has 0 bridgehead atoms. The number of carboxylic acid groups (broad SMARTS) is 1. The monoisotopic (exact) mass is 411 g/mol. The van der Waals surface area contributed by atoms with Crippen LogP contribution in [0.25, 0.3) is 0 Å². The van der Waals surface area contributed by atoms with Crippen molar-refractivity contribution in [3.05, 3.63) is 23.8 Å². The van der Waals surface area contributed by atoms with E-state index in [1.165, 1.54) is 7.11 Å². The molecular weight excluding hydrogens is 378 g/mol. The SMILES string of the molecule is COC1COC(Oc2cccc(CCCCCCCCC(=O)O)c2N)C(O)C1O. The van der Waals surface area contributed by atoms with E-state index in [-0.39, 0.29) is 13.0 Å². The predicted octanol–water partition coefficient (Wildman–Crippen LogP) is 2.10. The fourth-order valence-corrected chi connectivity index (χ4v) is 3.41.